The van der Waals surface area contributed by atoms with Gasteiger partial charge in [-0.05, 0) is 36.7 Å². The van der Waals surface area contributed by atoms with Crippen molar-refractivity contribution in [2.75, 3.05) is 18.0 Å². The summed E-state index contributed by atoms with van der Waals surface area (Å²) in [5, 5.41) is 3.47. The van der Waals surface area contributed by atoms with Crippen molar-refractivity contribution in [1.29, 1.82) is 0 Å². The van der Waals surface area contributed by atoms with E-state index in [4.69, 9.17) is 0 Å². The molecule has 2 fully saturated rings. The summed E-state index contributed by atoms with van der Waals surface area (Å²) in [5.74, 6) is 1.41. The van der Waals surface area contributed by atoms with E-state index in [0.717, 1.165) is 31.0 Å². The molecule has 1 saturated heterocycles. The van der Waals surface area contributed by atoms with E-state index >= 15 is 0 Å². The van der Waals surface area contributed by atoms with Gasteiger partial charge in [-0.2, -0.15) is 0 Å². The average Bonchev–Trinajstić information content (AvgIpc) is 3.10. The van der Waals surface area contributed by atoms with Gasteiger partial charge in [-0.25, -0.2) is 9.37 Å². The molecule has 4 heteroatoms. The van der Waals surface area contributed by atoms with Gasteiger partial charge in [0.2, 0.25) is 0 Å². The number of hydrogen-bond acceptors (Lipinski definition) is 3. The lowest BCUT2D eigenvalue weighted by Gasteiger charge is -2.27. The largest absolute Gasteiger partial charge is 0.356 e. The SMILES string of the molecule is CC(C)(C)C1CCN(c2ncc(F)cc2CNC2CC2)C1. The summed E-state index contributed by atoms with van der Waals surface area (Å²) in [5.41, 5.74) is 1.32. The van der Waals surface area contributed by atoms with E-state index in [1.165, 1.54) is 25.5 Å². The molecule has 2 aliphatic rings. The van der Waals surface area contributed by atoms with E-state index in [2.05, 4.69) is 36.0 Å². The number of rotatable bonds is 4. The molecule has 1 N–H and O–H groups in total. The Kier molecular flexibility index (Phi) is 3.91. The quantitative estimate of drug-likeness (QED) is 0.922. The minimum atomic E-state index is -0.238. The van der Waals surface area contributed by atoms with Gasteiger partial charge in [-0.15, -0.1) is 0 Å². The van der Waals surface area contributed by atoms with Crippen LogP contribution in [-0.4, -0.2) is 24.1 Å². The van der Waals surface area contributed by atoms with Crippen LogP contribution in [-0.2, 0) is 6.54 Å². The number of anilines is 1. The molecule has 1 atom stereocenters. The lowest BCUT2D eigenvalue weighted by molar-refractivity contribution is 0.263. The van der Waals surface area contributed by atoms with Crippen molar-refractivity contribution in [3.63, 3.8) is 0 Å². The van der Waals surface area contributed by atoms with Gasteiger partial charge in [-0.3, -0.25) is 0 Å². The molecule has 0 bridgehead atoms. The maximum absolute atomic E-state index is 13.5. The predicted octanol–water partition coefficient (Wildman–Crippen LogP) is 3.35. The van der Waals surface area contributed by atoms with Gasteiger partial charge in [0.05, 0.1) is 6.20 Å². The first kappa shape index (κ1) is 14.8. The number of nitrogens with one attached hydrogen (secondary N) is 1. The van der Waals surface area contributed by atoms with Crippen molar-refractivity contribution in [3.8, 4) is 0 Å². The monoisotopic (exact) mass is 291 g/mol. The van der Waals surface area contributed by atoms with E-state index in [1.807, 2.05) is 0 Å². The highest BCUT2D eigenvalue weighted by molar-refractivity contribution is 5.48. The molecule has 1 aliphatic carbocycles. The van der Waals surface area contributed by atoms with E-state index in [-0.39, 0.29) is 5.82 Å². The van der Waals surface area contributed by atoms with Crippen LogP contribution in [0.1, 0.15) is 45.6 Å². The molecule has 1 aromatic heterocycles. The Bertz CT molecular complexity index is 505. The molecule has 3 rings (SSSR count). The zero-order valence-corrected chi connectivity index (χ0v) is 13.3. The van der Waals surface area contributed by atoms with Crippen molar-refractivity contribution in [3.05, 3.63) is 23.6 Å². The molecule has 1 aliphatic heterocycles. The third-order valence-corrected chi connectivity index (χ3v) is 4.78. The van der Waals surface area contributed by atoms with Crippen molar-refractivity contribution >= 4 is 5.82 Å². The Morgan fingerprint density at radius 2 is 2.10 bits per heavy atom. The van der Waals surface area contributed by atoms with Crippen molar-refractivity contribution in [2.24, 2.45) is 11.3 Å². The molecule has 1 unspecified atom stereocenters. The fourth-order valence-corrected chi connectivity index (χ4v) is 3.09. The summed E-state index contributed by atoms with van der Waals surface area (Å²) in [6.45, 7) is 9.68. The molecule has 116 valence electrons. The highest BCUT2D eigenvalue weighted by Crippen LogP contribution is 2.36. The molecule has 3 nitrogen and oxygen atoms in total. The normalized spacial score (nSPS) is 22.9. The first-order valence-corrected chi connectivity index (χ1v) is 8.06. The average molecular weight is 291 g/mol. The van der Waals surface area contributed by atoms with Gasteiger partial charge in [0, 0.05) is 31.2 Å². The van der Waals surface area contributed by atoms with Crippen molar-refractivity contribution < 1.29 is 4.39 Å². The Hall–Kier alpha value is -1.16. The second-order valence-electron chi connectivity index (χ2n) is 7.59. The van der Waals surface area contributed by atoms with E-state index < -0.39 is 0 Å². The Morgan fingerprint density at radius 3 is 2.71 bits per heavy atom. The molecule has 1 aromatic rings. The number of pyridine rings is 1. The highest BCUT2D eigenvalue weighted by Gasteiger charge is 2.33. The Morgan fingerprint density at radius 1 is 1.33 bits per heavy atom. The minimum Gasteiger partial charge on any atom is -0.356 e. The third kappa shape index (κ3) is 3.54. The summed E-state index contributed by atoms with van der Waals surface area (Å²) in [4.78, 5) is 6.72. The van der Waals surface area contributed by atoms with Gasteiger partial charge < -0.3 is 10.2 Å². The fraction of sp³-hybridized carbons (Fsp3) is 0.706. The lowest BCUT2D eigenvalue weighted by atomic mass is 9.80. The van der Waals surface area contributed by atoms with Gasteiger partial charge in [0.1, 0.15) is 11.6 Å². The van der Waals surface area contributed by atoms with Crippen LogP contribution in [0.25, 0.3) is 0 Å². The summed E-state index contributed by atoms with van der Waals surface area (Å²) in [6.07, 6.45) is 5.03. The van der Waals surface area contributed by atoms with Crippen LogP contribution in [0.5, 0.6) is 0 Å². The number of halogens is 1. The molecule has 0 radical (unpaired) electrons. The summed E-state index contributed by atoms with van der Waals surface area (Å²) >= 11 is 0. The van der Waals surface area contributed by atoms with Gasteiger partial charge >= 0.3 is 0 Å². The first-order chi connectivity index (χ1) is 9.93. The van der Waals surface area contributed by atoms with Crippen LogP contribution < -0.4 is 10.2 Å². The molecule has 0 amide bonds. The number of nitrogens with zero attached hydrogens (tertiary/aromatic N) is 2. The summed E-state index contributed by atoms with van der Waals surface area (Å²) in [6, 6.07) is 2.27. The van der Waals surface area contributed by atoms with Crippen LogP contribution in [0, 0.1) is 17.2 Å². The number of hydrogen-bond donors (Lipinski definition) is 1. The first-order valence-electron chi connectivity index (χ1n) is 8.06. The third-order valence-electron chi connectivity index (χ3n) is 4.78. The summed E-state index contributed by atoms with van der Waals surface area (Å²) < 4.78 is 13.5. The number of aromatic nitrogens is 1. The van der Waals surface area contributed by atoms with Crippen LogP contribution in [0.2, 0.25) is 0 Å². The minimum absolute atomic E-state index is 0.238. The maximum Gasteiger partial charge on any atom is 0.141 e. The standard InChI is InChI=1S/C17H26FN3/c1-17(2,3)13-6-7-21(11-13)16-12(8-14(18)10-20-16)9-19-15-4-5-15/h8,10,13,15,19H,4-7,9,11H2,1-3H3. The van der Waals surface area contributed by atoms with Crippen molar-refractivity contribution in [2.45, 2.75) is 52.6 Å². The predicted molar refractivity (Wildman–Crippen MR) is 83.8 cm³/mol. The smallest absolute Gasteiger partial charge is 0.141 e. The molecule has 0 spiro atoms. The lowest BCUT2D eigenvalue weighted by Crippen LogP contribution is -2.28. The highest BCUT2D eigenvalue weighted by atomic mass is 19.1. The maximum atomic E-state index is 13.5. The van der Waals surface area contributed by atoms with E-state index in [1.54, 1.807) is 6.07 Å². The zero-order valence-electron chi connectivity index (χ0n) is 13.3. The van der Waals surface area contributed by atoms with Crippen LogP contribution in [0.15, 0.2) is 12.3 Å². The Labute approximate surface area is 126 Å². The summed E-state index contributed by atoms with van der Waals surface area (Å²) in [7, 11) is 0. The molecular formula is C17H26FN3. The van der Waals surface area contributed by atoms with Gasteiger partial charge in [0.25, 0.3) is 0 Å². The van der Waals surface area contributed by atoms with Crippen LogP contribution in [0.3, 0.4) is 0 Å². The van der Waals surface area contributed by atoms with Crippen LogP contribution >= 0.6 is 0 Å². The molecule has 0 aromatic carbocycles. The molecule has 2 heterocycles. The van der Waals surface area contributed by atoms with E-state index in [0.29, 0.717) is 17.4 Å². The fourth-order valence-electron chi connectivity index (χ4n) is 3.09. The van der Waals surface area contributed by atoms with Gasteiger partial charge in [-0.1, -0.05) is 20.8 Å². The second-order valence-corrected chi connectivity index (χ2v) is 7.59. The molecule has 1 saturated carbocycles. The van der Waals surface area contributed by atoms with E-state index in [9.17, 15) is 4.39 Å². The zero-order chi connectivity index (χ0) is 15.0. The van der Waals surface area contributed by atoms with Crippen LogP contribution in [0.4, 0.5) is 10.2 Å². The van der Waals surface area contributed by atoms with Crippen molar-refractivity contribution in [1.82, 2.24) is 10.3 Å². The molecular weight excluding hydrogens is 265 g/mol. The second kappa shape index (κ2) is 5.56. The topological polar surface area (TPSA) is 28.2 Å². The molecule has 21 heavy (non-hydrogen) atoms. The van der Waals surface area contributed by atoms with Gasteiger partial charge in [0.15, 0.2) is 0 Å². The Balaban J connectivity index is 1.74.